The molecule has 0 N–H and O–H groups in total. The van der Waals surface area contributed by atoms with Gasteiger partial charge in [0, 0.05) is 6.61 Å². The van der Waals surface area contributed by atoms with E-state index in [1.54, 1.807) is 0 Å². The highest BCUT2D eigenvalue weighted by Gasteiger charge is 2.46. The third-order valence-electron chi connectivity index (χ3n) is 6.68. The number of benzene rings is 3. The molecule has 0 saturated heterocycles. The molecule has 0 amide bonds. The third kappa shape index (κ3) is 5.72. The summed E-state index contributed by atoms with van der Waals surface area (Å²) in [5.41, 5.74) is 0. The fourth-order valence-electron chi connectivity index (χ4n) is 4.80. The van der Waals surface area contributed by atoms with Crippen LogP contribution in [0.15, 0.2) is 91.0 Å². The SMILES string of the molecule is CCOCOC(=O)C1CCC(C(=O)O[Si](c2ccccc2)(c2ccccc2)c2ccccc2)CC1. The van der Waals surface area contributed by atoms with E-state index in [4.69, 9.17) is 13.9 Å². The number of hydrogen-bond donors (Lipinski definition) is 0. The van der Waals surface area contributed by atoms with Crippen molar-refractivity contribution in [2.24, 2.45) is 11.8 Å². The van der Waals surface area contributed by atoms with Crippen molar-refractivity contribution in [3.8, 4) is 0 Å². The normalized spacial score (nSPS) is 18.0. The molecular weight excluding hydrogens is 456 g/mol. The van der Waals surface area contributed by atoms with Crippen molar-refractivity contribution in [2.75, 3.05) is 13.4 Å². The lowest BCUT2D eigenvalue weighted by Gasteiger charge is -2.35. The van der Waals surface area contributed by atoms with E-state index in [1.165, 1.54) is 0 Å². The van der Waals surface area contributed by atoms with Crippen LogP contribution in [0.2, 0.25) is 0 Å². The van der Waals surface area contributed by atoms with Gasteiger partial charge in [-0.2, -0.15) is 0 Å². The Kier molecular flexibility index (Phi) is 8.50. The van der Waals surface area contributed by atoms with Crippen LogP contribution in [0.3, 0.4) is 0 Å². The van der Waals surface area contributed by atoms with Crippen molar-refractivity contribution in [1.29, 1.82) is 0 Å². The summed E-state index contributed by atoms with van der Waals surface area (Å²) in [6, 6.07) is 30.3. The molecule has 0 atom stereocenters. The Morgan fingerprint density at radius 2 is 1.09 bits per heavy atom. The van der Waals surface area contributed by atoms with Gasteiger partial charge in [-0.3, -0.25) is 9.59 Å². The lowest BCUT2D eigenvalue weighted by Crippen LogP contribution is -2.70. The molecule has 0 bridgehead atoms. The summed E-state index contributed by atoms with van der Waals surface area (Å²) in [5.74, 6) is -0.867. The summed E-state index contributed by atoms with van der Waals surface area (Å²) < 4.78 is 17.0. The number of hydrogen-bond acceptors (Lipinski definition) is 5. The maximum absolute atomic E-state index is 13.7. The smallest absolute Gasteiger partial charge is 0.350 e. The zero-order chi connectivity index (χ0) is 24.5. The van der Waals surface area contributed by atoms with Gasteiger partial charge in [0.2, 0.25) is 0 Å². The standard InChI is InChI=1S/C29H32O5Si/c1-2-32-22-33-28(30)23-18-20-24(21-19-23)29(31)34-35(25-12-6-3-7-13-25,26-14-8-4-9-15-26)27-16-10-5-11-17-27/h3-17,23-24H,2,18-22H2,1H3. The molecule has 0 radical (unpaired) electrons. The van der Waals surface area contributed by atoms with E-state index < -0.39 is 8.32 Å². The summed E-state index contributed by atoms with van der Waals surface area (Å²) in [4.78, 5) is 26.0. The molecule has 0 aliphatic heterocycles. The molecule has 1 fully saturated rings. The second-order valence-electron chi connectivity index (χ2n) is 8.82. The van der Waals surface area contributed by atoms with Crippen molar-refractivity contribution >= 4 is 35.8 Å². The number of ether oxygens (including phenoxy) is 2. The first kappa shape index (κ1) is 24.9. The second kappa shape index (κ2) is 12.0. The van der Waals surface area contributed by atoms with Gasteiger partial charge in [-0.25, -0.2) is 0 Å². The second-order valence-corrected chi connectivity index (χ2v) is 12.1. The molecule has 3 aromatic rings. The van der Waals surface area contributed by atoms with Crippen LogP contribution in [-0.2, 0) is 23.5 Å². The average Bonchev–Trinajstić information content (AvgIpc) is 2.93. The van der Waals surface area contributed by atoms with Crippen LogP contribution in [0.4, 0.5) is 0 Å². The lowest BCUT2D eigenvalue weighted by molar-refractivity contribution is -0.163. The minimum absolute atomic E-state index is 0.0172. The highest BCUT2D eigenvalue weighted by Crippen LogP contribution is 2.31. The number of rotatable bonds is 9. The van der Waals surface area contributed by atoms with Crippen molar-refractivity contribution in [3.63, 3.8) is 0 Å². The van der Waals surface area contributed by atoms with E-state index in [1.807, 2.05) is 61.5 Å². The Labute approximate surface area is 208 Å². The first-order valence-electron chi connectivity index (χ1n) is 12.3. The van der Waals surface area contributed by atoms with Gasteiger partial charge in [0.15, 0.2) is 6.79 Å². The molecule has 1 aliphatic carbocycles. The van der Waals surface area contributed by atoms with Crippen LogP contribution < -0.4 is 15.6 Å². The monoisotopic (exact) mass is 488 g/mol. The van der Waals surface area contributed by atoms with E-state index in [-0.39, 0.29) is 30.6 Å². The predicted molar refractivity (Wildman–Crippen MR) is 138 cm³/mol. The van der Waals surface area contributed by atoms with Gasteiger partial charge >= 0.3 is 14.3 Å². The maximum atomic E-state index is 13.7. The van der Waals surface area contributed by atoms with Crippen molar-refractivity contribution < 1.29 is 23.5 Å². The Morgan fingerprint density at radius 3 is 1.49 bits per heavy atom. The molecule has 1 saturated carbocycles. The molecule has 0 heterocycles. The van der Waals surface area contributed by atoms with Gasteiger partial charge in [-0.1, -0.05) is 91.0 Å². The van der Waals surface area contributed by atoms with Gasteiger partial charge in [0.25, 0.3) is 5.97 Å². The fraction of sp³-hybridized carbons (Fsp3) is 0.310. The lowest BCUT2D eigenvalue weighted by atomic mass is 9.82. The fourth-order valence-corrected chi connectivity index (χ4v) is 8.60. The number of carbonyl (C=O) groups excluding carboxylic acids is 2. The Hall–Kier alpha value is -3.22. The quantitative estimate of drug-likeness (QED) is 0.152. The molecule has 182 valence electrons. The molecule has 1 aliphatic rings. The average molecular weight is 489 g/mol. The van der Waals surface area contributed by atoms with Crippen LogP contribution in [0, 0.1) is 11.8 Å². The maximum Gasteiger partial charge on any atom is 0.350 e. The highest BCUT2D eigenvalue weighted by molar-refractivity contribution is 7.07. The van der Waals surface area contributed by atoms with E-state index >= 15 is 0 Å². The minimum atomic E-state index is -3.09. The summed E-state index contributed by atoms with van der Waals surface area (Å²) in [5, 5.41) is 3.08. The molecule has 3 aromatic carbocycles. The first-order chi connectivity index (χ1) is 17.1. The van der Waals surface area contributed by atoms with E-state index in [2.05, 4.69) is 36.4 Å². The molecule has 4 rings (SSSR count). The van der Waals surface area contributed by atoms with Crippen LogP contribution in [0.5, 0.6) is 0 Å². The van der Waals surface area contributed by atoms with Crippen molar-refractivity contribution in [2.45, 2.75) is 32.6 Å². The topological polar surface area (TPSA) is 61.8 Å². The van der Waals surface area contributed by atoms with Gasteiger partial charge in [0.1, 0.15) is 0 Å². The number of carbonyl (C=O) groups is 2. The summed E-state index contributed by atoms with van der Waals surface area (Å²) in [7, 11) is -3.09. The zero-order valence-corrected chi connectivity index (χ0v) is 21.1. The van der Waals surface area contributed by atoms with Crippen LogP contribution in [-0.4, -0.2) is 33.7 Å². The summed E-state index contributed by atoms with van der Waals surface area (Å²) in [6.07, 6.45) is 2.44. The third-order valence-corrected chi connectivity index (χ3v) is 10.6. The first-order valence-corrected chi connectivity index (χ1v) is 14.2. The van der Waals surface area contributed by atoms with Crippen LogP contribution in [0.1, 0.15) is 32.6 Å². The van der Waals surface area contributed by atoms with E-state index in [0.717, 1.165) is 15.6 Å². The Bertz CT molecular complexity index is 983. The largest absolute Gasteiger partial charge is 0.505 e. The Morgan fingerprint density at radius 1 is 0.686 bits per heavy atom. The summed E-state index contributed by atoms with van der Waals surface area (Å²) in [6.45, 7) is 2.34. The van der Waals surface area contributed by atoms with E-state index in [0.29, 0.717) is 32.3 Å². The summed E-state index contributed by atoms with van der Waals surface area (Å²) >= 11 is 0. The van der Waals surface area contributed by atoms with Gasteiger partial charge in [-0.05, 0) is 48.2 Å². The predicted octanol–water partition coefficient (Wildman–Crippen LogP) is 3.54. The molecule has 35 heavy (non-hydrogen) atoms. The minimum Gasteiger partial charge on any atom is -0.505 e. The number of esters is 1. The van der Waals surface area contributed by atoms with Crippen LogP contribution >= 0.6 is 0 Å². The van der Waals surface area contributed by atoms with Crippen molar-refractivity contribution in [1.82, 2.24) is 0 Å². The van der Waals surface area contributed by atoms with Gasteiger partial charge < -0.3 is 13.9 Å². The van der Waals surface area contributed by atoms with Gasteiger partial charge in [-0.15, -0.1) is 0 Å². The molecular formula is C29H32O5Si. The molecule has 0 unspecified atom stereocenters. The molecule has 0 aromatic heterocycles. The highest BCUT2D eigenvalue weighted by atomic mass is 28.4. The molecule has 6 heteroatoms. The van der Waals surface area contributed by atoms with Crippen molar-refractivity contribution in [3.05, 3.63) is 91.0 Å². The molecule has 5 nitrogen and oxygen atoms in total. The zero-order valence-electron chi connectivity index (χ0n) is 20.1. The van der Waals surface area contributed by atoms with Gasteiger partial charge in [0.05, 0.1) is 11.8 Å². The van der Waals surface area contributed by atoms with Crippen LogP contribution in [0.25, 0.3) is 0 Å². The molecule has 0 spiro atoms. The van der Waals surface area contributed by atoms with E-state index in [9.17, 15) is 9.59 Å². The Balaban J connectivity index is 1.59.